The number of hydrogen-bond donors (Lipinski definition) is 3. The molecule has 1 aromatic rings. The van der Waals surface area contributed by atoms with Crippen LogP contribution in [0.2, 0.25) is 0 Å². The van der Waals surface area contributed by atoms with Crippen molar-refractivity contribution >= 4 is 17.5 Å². The number of rotatable bonds is 3. The summed E-state index contributed by atoms with van der Waals surface area (Å²) in [6.45, 7) is 5.06. The molecule has 2 amide bonds. The third-order valence-corrected chi connectivity index (χ3v) is 4.01. The Morgan fingerprint density at radius 2 is 2.10 bits per heavy atom. The van der Waals surface area contributed by atoms with Crippen LogP contribution in [0.4, 0.5) is 5.69 Å². The number of benzene rings is 1. The Balaban J connectivity index is 2.10. The number of hydrogen-bond acceptors (Lipinski definition) is 3. The lowest BCUT2D eigenvalue weighted by Gasteiger charge is -2.38. The van der Waals surface area contributed by atoms with E-state index in [-0.39, 0.29) is 23.3 Å². The minimum absolute atomic E-state index is 0.0474. The monoisotopic (exact) mass is 289 g/mol. The van der Waals surface area contributed by atoms with Gasteiger partial charge in [0.2, 0.25) is 5.91 Å². The Morgan fingerprint density at radius 3 is 2.76 bits per heavy atom. The molecular weight excluding hydrogens is 266 g/mol. The fourth-order valence-corrected chi connectivity index (χ4v) is 2.76. The normalized spacial score (nSPS) is 20.6. The van der Waals surface area contributed by atoms with Crippen molar-refractivity contribution in [2.45, 2.75) is 32.7 Å². The Labute approximate surface area is 125 Å². The fourth-order valence-electron chi connectivity index (χ4n) is 2.76. The Morgan fingerprint density at radius 1 is 1.33 bits per heavy atom. The summed E-state index contributed by atoms with van der Waals surface area (Å²) in [6.07, 6.45) is 2.11. The van der Waals surface area contributed by atoms with Crippen molar-refractivity contribution in [1.29, 1.82) is 0 Å². The van der Waals surface area contributed by atoms with Crippen LogP contribution in [0.5, 0.6) is 0 Å². The number of anilines is 1. The molecule has 0 aromatic heterocycles. The Hall–Kier alpha value is -1.88. The molecule has 5 heteroatoms. The van der Waals surface area contributed by atoms with E-state index >= 15 is 0 Å². The van der Waals surface area contributed by atoms with E-state index in [1.54, 1.807) is 31.3 Å². The van der Waals surface area contributed by atoms with Crippen LogP contribution in [0.1, 0.15) is 37.0 Å². The summed E-state index contributed by atoms with van der Waals surface area (Å²) >= 11 is 0. The molecule has 2 rings (SSSR count). The van der Waals surface area contributed by atoms with Crippen LogP contribution in [0.3, 0.4) is 0 Å². The molecule has 1 unspecified atom stereocenters. The molecule has 1 aromatic carbocycles. The van der Waals surface area contributed by atoms with Gasteiger partial charge in [-0.15, -0.1) is 0 Å². The van der Waals surface area contributed by atoms with Gasteiger partial charge in [0, 0.05) is 18.3 Å². The van der Waals surface area contributed by atoms with Crippen LogP contribution in [0.25, 0.3) is 0 Å². The van der Waals surface area contributed by atoms with E-state index in [4.69, 9.17) is 0 Å². The van der Waals surface area contributed by atoms with Gasteiger partial charge in [0.25, 0.3) is 5.91 Å². The first-order valence-electron chi connectivity index (χ1n) is 7.30. The summed E-state index contributed by atoms with van der Waals surface area (Å²) in [5.41, 5.74) is 1.11. The second-order valence-corrected chi connectivity index (χ2v) is 6.13. The van der Waals surface area contributed by atoms with E-state index < -0.39 is 0 Å². The maximum absolute atomic E-state index is 12.5. The first-order valence-corrected chi connectivity index (χ1v) is 7.30. The third-order valence-electron chi connectivity index (χ3n) is 4.01. The van der Waals surface area contributed by atoms with E-state index in [0.29, 0.717) is 11.3 Å². The molecule has 1 saturated heterocycles. The van der Waals surface area contributed by atoms with E-state index in [1.807, 2.05) is 0 Å². The van der Waals surface area contributed by atoms with Gasteiger partial charge in [-0.3, -0.25) is 9.59 Å². The van der Waals surface area contributed by atoms with Crippen LogP contribution in [-0.4, -0.2) is 31.4 Å². The number of amides is 2. The second kappa shape index (κ2) is 6.26. The van der Waals surface area contributed by atoms with E-state index in [0.717, 1.165) is 19.4 Å². The van der Waals surface area contributed by atoms with Crippen molar-refractivity contribution in [3.63, 3.8) is 0 Å². The van der Waals surface area contributed by atoms with Gasteiger partial charge in [0.05, 0.1) is 6.04 Å². The van der Waals surface area contributed by atoms with Gasteiger partial charge < -0.3 is 16.0 Å². The SMILES string of the molecule is CNC(=O)c1cccc(NC(=O)C2NCCCC2(C)C)c1. The molecule has 0 aliphatic carbocycles. The first kappa shape index (κ1) is 15.5. The van der Waals surface area contributed by atoms with Gasteiger partial charge in [0.1, 0.15) is 0 Å². The molecule has 0 radical (unpaired) electrons. The largest absolute Gasteiger partial charge is 0.355 e. The van der Waals surface area contributed by atoms with Crippen LogP contribution < -0.4 is 16.0 Å². The maximum atomic E-state index is 12.5. The summed E-state index contributed by atoms with van der Waals surface area (Å²) in [6, 6.07) is 6.75. The second-order valence-electron chi connectivity index (χ2n) is 6.13. The van der Waals surface area contributed by atoms with Crippen molar-refractivity contribution in [2.24, 2.45) is 5.41 Å². The maximum Gasteiger partial charge on any atom is 0.251 e. The van der Waals surface area contributed by atoms with Crippen LogP contribution in [0.15, 0.2) is 24.3 Å². The minimum atomic E-state index is -0.213. The molecule has 5 nitrogen and oxygen atoms in total. The van der Waals surface area contributed by atoms with Crippen molar-refractivity contribution in [2.75, 3.05) is 18.9 Å². The number of carbonyl (C=O) groups is 2. The third kappa shape index (κ3) is 3.61. The lowest BCUT2D eigenvalue weighted by molar-refractivity contribution is -0.121. The van der Waals surface area contributed by atoms with Crippen molar-refractivity contribution < 1.29 is 9.59 Å². The van der Waals surface area contributed by atoms with E-state index in [2.05, 4.69) is 29.8 Å². The molecule has 1 heterocycles. The molecule has 0 saturated carbocycles. The Bertz CT molecular complexity index is 540. The van der Waals surface area contributed by atoms with Crippen molar-refractivity contribution in [3.05, 3.63) is 29.8 Å². The van der Waals surface area contributed by atoms with Crippen LogP contribution in [0, 0.1) is 5.41 Å². The lowest BCUT2D eigenvalue weighted by Crippen LogP contribution is -2.53. The average molecular weight is 289 g/mol. The number of piperidine rings is 1. The summed E-state index contributed by atoms with van der Waals surface area (Å²) in [4.78, 5) is 24.1. The van der Waals surface area contributed by atoms with Gasteiger partial charge in [-0.05, 0) is 43.0 Å². The predicted molar refractivity (Wildman–Crippen MR) is 83.3 cm³/mol. The highest BCUT2D eigenvalue weighted by Crippen LogP contribution is 2.30. The molecule has 1 aliphatic rings. The molecule has 0 spiro atoms. The van der Waals surface area contributed by atoms with Gasteiger partial charge in [-0.25, -0.2) is 0 Å². The van der Waals surface area contributed by atoms with Crippen LogP contribution in [-0.2, 0) is 4.79 Å². The number of carbonyl (C=O) groups excluding carboxylic acids is 2. The summed E-state index contributed by atoms with van der Waals surface area (Å²) in [7, 11) is 1.59. The average Bonchev–Trinajstić information content (AvgIpc) is 2.46. The predicted octanol–water partition coefficient (Wildman–Crippen LogP) is 1.76. The van der Waals surface area contributed by atoms with Gasteiger partial charge in [-0.1, -0.05) is 19.9 Å². The quantitative estimate of drug-likeness (QED) is 0.794. The fraction of sp³-hybridized carbons (Fsp3) is 0.500. The zero-order chi connectivity index (χ0) is 15.5. The zero-order valence-corrected chi connectivity index (χ0v) is 12.8. The molecule has 21 heavy (non-hydrogen) atoms. The molecule has 0 bridgehead atoms. The zero-order valence-electron chi connectivity index (χ0n) is 12.8. The van der Waals surface area contributed by atoms with Crippen LogP contribution >= 0.6 is 0 Å². The van der Waals surface area contributed by atoms with E-state index in [9.17, 15) is 9.59 Å². The summed E-state index contributed by atoms with van der Waals surface area (Å²) in [5.74, 6) is -0.212. The topological polar surface area (TPSA) is 70.2 Å². The minimum Gasteiger partial charge on any atom is -0.355 e. The lowest BCUT2D eigenvalue weighted by atomic mass is 9.77. The molecule has 114 valence electrons. The molecular formula is C16H23N3O2. The summed E-state index contributed by atoms with van der Waals surface area (Å²) < 4.78 is 0. The standard InChI is InChI=1S/C16H23N3O2/c1-16(2)8-5-9-18-13(16)15(21)19-12-7-4-6-11(10-12)14(20)17-3/h4,6-7,10,13,18H,5,8-9H2,1-3H3,(H,17,20)(H,19,21). The van der Waals surface area contributed by atoms with Gasteiger partial charge in [0.15, 0.2) is 0 Å². The van der Waals surface area contributed by atoms with Crippen molar-refractivity contribution in [3.8, 4) is 0 Å². The molecule has 3 N–H and O–H groups in total. The highest BCUT2D eigenvalue weighted by Gasteiger charge is 2.37. The smallest absolute Gasteiger partial charge is 0.251 e. The number of nitrogens with one attached hydrogen (secondary N) is 3. The highest BCUT2D eigenvalue weighted by molar-refractivity contribution is 5.98. The first-order chi connectivity index (χ1) is 9.94. The van der Waals surface area contributed by atoms with Gasteiger partial charge >= 0.3 is 0 Å². The molecule has 1 atom stereocenters. The highest BCUT2D eigenvalue weighted by atomic mass is 16.2. The van der Waals surface area contributed by atoms with Crippen molar-refractivity contribution in [1.82, 2.24) is 10.6 Å². The van der Waals surface area contributed by atoms with E-state index in [1.165, 1.54) is 0 Å². The summed E-state index contributed by atoms with van der Waals surface area (Å²) in [5, 5.41) is 8.77. The Kier molecular flexibility index (Phi) is 4.63. The molecule has 1 fully saturated rings. The van der Waals surface area contributed by atoms with Gasteiger partial charge in [-0.2, -0.15) is 0 Å². The molecule has 1 aliphatic heterocycles.